The standard InChI is InChI=1S/C20H21FN6O3S/c1-10(17(23)29)27(13-8-6-12(21)7-9-13)20-24-16(22)15(31-20)14(28)19-25-18(26-30-19)11-4-2-3-5-11/h6-11H,2-5,22H2,1H3,(H2,23,29)/t10-/m1/s1. The number of aromatic nitrogens is 3. The molecule has 1 fully saturated rings. The summed E-state index contributed by atoms with van der Waals surface area (Å²) in [7, 11) is 0. The molecule has 1 amide bonds. The SMILES string of the molecule is C[C@H](C(N)=O)N(c1ccc(F)cc1)c1nc(N)c(C(=O)c2nc(C3CCCC3)no2)s1. The maximum atomic E-state index is 13.4. The van der Waals surface area contributed by atoms with Gasteiger partial charge in [0.15, 0.2) is 11.0 Å². The van der Waals surface area contributed by atoms with Crippen LogP contribution in [0.3, 0.4) is 0 Å². The number of ketones is 1. The fraction of sp³-hybridized carbons (Fsp3) is 0.350. The molecule has 0 saturated heterocycles. The van der Waals surface area contributed by atoms with Crippen LogP contribution in [0.15, 0.2) is 28.8 Å². The molecule has 31 heavy (non-hydrogen) atoms. The molecule has 9 nitrogen and oxygen atoms in total. The molecule has 3 aromatic rings. The molecule has 0 radical (unpaired) electrons. The lowest BCUT2D eigenvalue weighted by Crippen LogP contribution is -2.39. The van der Waals surface area contributed by atoms with Crippen molar-refractivity contribution in [2.45, 2.75) is 44.6 Å². The Morgan fingerprint density at radius 1 is 1.23 bits per heavy atom. The van der Waals surface area contributed by atoms with Crippen molar-refractivity contribution >= 4 is 39.7 Å². The summed E-state index contributed by atoms with van der Waals surface area (Å²) < 4.78 is 18.6. The van der Waals surface area contributed by atoms with Gasteiger partial charge in [-0.15, -0.1) is 0 Å². The van der Waals surface area contributed by atoms with Gasteiger partial charge in [0, 0.05) is 11.6 Å². The van der Waals surface area contributed by atoms with E-state index in [-0.39, 0.29) is 27.6 Å². The van der Waals surface area contributed by atoms with Gasteiger partial charge in [-0.25, -0.2) is 9.37 Å². The summed E-state index contributed by atoms with van der Waals surface area (Å²) in [4.78, 5) is 35.0. The topological polar surface area (TPSA) is 141 Å². The monoisotopic (exact) mass is 444 g/mol. The number of nitrogen functional groups attached to an aromatic ring is 1. The lowest BCUT2D eigenvalue weighted by atomic mass is 10.1. The minimum Gasteiger partial charge on any atom is -0.382 e. The molecule has 1 aromatic carbocycles. The lowest BCUT2D eigenvalue weighted by Gasteiger charge is -2.26. The van der Waals surface area contributed by atoms with Gasteiger partial charge in [0.2, 0.25) is 5.91 Å². The molecule has 2 heterocycles. The van der Waals surface area contributed by atoms with Crippen molar-refractivity contribution in [2.24, 2.45) is 5.73 Å². The van der Waals surface area contributed by atoms with Crippen LogP contribution in [0, 0.1) is 5.82 Å². The van der Waals surface area contributed by atoms with Crippen LogP contribution in [0.1, 0.15) is 59.9 Å². The second kappa shape index (κ2) is 8.42. The predicted octanol–water partition coefficient (Wildman–Crippen LogP) is 3.15. The van der Waals surface area contributed by atoms with Crippen LogP contribution >= 0.6 is 11.3 Å². The number of hydrogen-bond donors (Lipinski definition) is 2. The molecular weight excluding hydrogens is 423 g/mol. The van der Waals surface area contributed by atoms with Crippen LogP contribution in [0.5, 0.6) is 0 Å². The summed E-state index contributed by atoms with van der Waals surface area (Å²) >= 11 is 0.968. The van der Waals surface area contributed by atoms with Crippen LogP contribution in [-0.2, 0) is 4.79 Å². The molecule has 0 bridgehead atoms. The Morgan fingerprint density at radius 3 is 2.55 bits per heavy atom. The lowest BCUT2D eigenvalue weighted by molar-refractivity contribution is -0.118. The number of amides is 1. The van der Waals surface area contributed by atoms with Crippen molar-refractivity contribution in [2.75, 3.05) is 10.6 Å². The summed E-state index contributed by atoms with van der Waals surface area (Å²) in [6.45, 7) is 1.58. The molecule has 0 aliphatic heterocycles. The van der Waals surface area contributed by atoms with Gasteiger partial charge in [0.1, 0.15) is 22.6 Å². The van der Waals surface area contributed by atoms with Crippen molar-refractivity contribution in [1.82, 2.24) is 15.1 Å². The molecule has 0 spiro atoms. The second-order valence-corrected chi connectivity index (χ2v) is 8.38. The molecule has 2 aromatic heterocycles. The van der Waals surface area contributed by atoms with E-state index in [1.165, 1.54) is 29.2 Å². The van der Waals surface area contributed by atoms with E-state index in [9.17, 15) is 14.0 Å². The number of nitrogens with zero attached hydrogens (tertiary/aromatic N) is 4. The van der Waals surface area contributed by atoms with Gasteiger partial charge in [-0.05, 0) is 44.0 Å². The molecule has 4 rings (SSSR count). The molecule has 162 valence electrons. The van der Waals surface area contributed by atoms with Crippen LogP contribution in [0.25, 0.3) is 0 Å². The van der Waals surface area contributed by atoms with Crippen molar-refractivity contribution < 1.29 is 18.5 Å². The van der Waals surface area contributed by atoms with E-state index >= 15 is 0 Å². The van der Waals surface area contributed by atoms with Crippen LogP contribution in [0.2, 0.25) is 0 Å². The summed E-state index contributed by atoms with van der Waals surface area (Å²) in [6, 6.07) is 4.65. The molecule has 4 N–H and O–H groups in total. The van der Waals surface area contributed by atoms with E-state index < -0.39 is 23.5 Å². The van der Waals surface area contributed by atoms with E-state index in [0.29, 0.717) is 11.5 Å². The maximum Gasteiger partial charge on any atom is 0.300 e. The molecule has 11 heteroatoms. The van der Waals surface area contributed by atoms with Crippen LogP contribution in [0.4, 0.5) is 21.0 Å². The number of carbonyl (C=O) groups excluding carboxylic acids is 2. The number of halogens is 1. The van der Waals surface area contributed by atoms with Crippen molar-refractivity contribution in [3.8, 4) is 0 Å². The third-order valence-electron chi connectivity index (χ3n) is 5.31. The van der Waals surface area contributed by atoms with Crippen molar-refractivity contribution in [1.29, 1.82) is 0 Å². The molecular formula is C20H21FN6O3S. The predicted molar refractivity (Wildman–Crippen MR) is 113 cm³/mol. The molecule has 1 atom stereocenters. The Labute approximate surface area is 181 Å². The van der Waals surface area contributed by atoms with Gasteiger partial charge in [-0.3, -0.25) is 9.59 Å². The van der Waals surface area contributed by atoms with Gasteiger partial charge in [0.05, 0.1) is 0 Å². The van der Waals surface area contributed by atoms with Crippen LogP contribution in [-0.4, -0.2) is 32.9 Å². The minimum absolute atomic E-state index is 0.0330. The highest BCUT2D eigenvalue weighted by molar-refractivity contribution is 7.18. The van der Waals surface area contributed by atoms with Crippen LogP contribution < -0.4 is 16.4 Å². The third kappa shape index (κ3) is 4.13. The van der Waals surface area contributed by atoms with Crippen molar-refractivity contribution in [3.63, 3.8) is 0 Å². The first-order chi connectivity index (χ1) is 14.8. The molecule has 0 unspecified atom stereocenters. The van der Waals surface area contributed by atoms with Gasteiger partial charge in [-0.2, -0.15) is 4.98 Å². The Bertz CT molecular complexity index is 1110. The second-order valence-electron chi connectivity index (χ2n) is 7.40. The highest BCUT2D eigenvalue weighted by Crippen LogP contribution is 2.36. The maximum absolute atomic E-state index is 13.4. The van der Waals surface area contributed by atoms with E-state index in [2.05, 4.69) is 15.1 Å². The number of rotatable bonds is 7. The molecule has 1 aliphatic rings. The average molecular weight is 444 g/mol. The van der Waals surface area contributed by atoms with Gasteiger partial charge in [0.25, 0.3) is 11.7 Å². The Hall–Kier alpha value is -3.34. The average Bonchev–Trinajstić information content (AvgIpc) is 3.49. The van der Waals surface area contributed by atoms with E-state index in [4.69, 9.17) is 16.0 Å². The molecule has 1 saturated carbocycles. The first-order valence-electron chi connectivity index (χ1n) is 9.84. The highest BCUT2D eigenvalue weighted by atomic mass is 32.1. The number of primary amides is 1. The normalized spacial score (nSPS) is 15.2. The van der Waals surface area contributed by atoms with E-state index in [1.807, 2.05) is 0 Å². The number of anilines is 3. The Morgan fingerprint density at radius 2 is 1.90 bits per heavy atom. The third-order valence-corrected chi connectivity index (χ3v) is 6.38. The summed E-state index contributed by atoms with van der Waals surface area (Å²) in [5.41, 5.74) is 12.0. The van der Waals surface area contributed by atoms with E-state index in [0.717, 1.165) is 37.0 Å². The summed E-state index contributed by atoms with van der Waals surface area (Å²) in [5, 5.41) is 4.21. The quantitative estimate of drug-likeness (QED) is 0.529. The zero-order chi connectivity index (χ0) is 22.1. The number of carbonyl (C=O) groups is 2. The van der Waals surface area contributed by atoms with E-state index in [1.54, 1.807) is 6.92 Å². The van der Waals surface area contributed by atoms with Gasteiger partial charge >= 0.3 is 0 Å². The number of hydrogen-bond acceptors (Lipinski definition) is 9. The Kier molecular flexibility index (Phi) is 5.68. The highest BCUT2D eigenvalue weighted by Gasteiger charge is 2.30. The summed E-state index contributed by atoms with van der Waals surface area (Å²) in [6.07, 6.45) is 4.14. The van der Waals surface area contributed by atoms with Gasteiger partial charge < -0.3 is 20.9 Å². The zero-order valence-corrected chi connectivity index (χ0v) is 17.6. The number of benzene rings is 1. The first kappa shape index (κ1) is 20.9. The Balaban J connectivity index is 1.66. The van der Waals surface area contributed by atoms with Gasteiger partial charge in [-0.1, -0.05) is 29.3 Å². The molecule has 1 aliphatic carbocycles. The zero-order valence-electron chi connectivity index (χ0n) is 16.7. The minimum atomic E-state index is -0.823. The smallest absolute Gasteiger partial charge is 0.300 e. The number of thiazole rings is 1. The largest absolute Gasteiger partial charge is 0.382 e. The van der Waals surface area contributed by atoms with Crippen molar-refractivity contribution in [3.05, 3.63) is 46.7 Å². The fourth-order valence-corrected chi connectivity index (χ4v) is 4.61. The fourth-order valence-electron chi connectivity index (χ4n) is 3.59. The summed E-state index contributed by atoms with van der Waals surface area (Å²) in [5.74, 6) is -1.05. The number of nitrogens with two attached hydrogens (primary N) is 2. The first-order valence-corrected chi connectivity index (χ1v) is 10.7.